The number of carboxylic acid groups (broad SMARTS) is 1. The van der Waals surface area contributed by atoms with Crippen molar-refractivity contribution in [2.24, 2.45) is 5.92 Å². The van der Waals surface area contributed by atoms with Crippen molar-refractivity contribution in [2.45, 2.75) is 44.8 Å². The number of carbonyl (C=O) groups excluding carboxylic acids is 2. The molecular weight excluding hydrogens is 268 g/mol. The lowest BCUT2D eigenvalue weighted by Crippen LogP contribution is -2.53. The maximum absolute atomic E-state index is 12.2. The van der Waals surface area contributed by atoms with Crippen molar-refractivity contribution in [3.05, 3.63) is 0 Å². The van der Waals surface area contributed by atoms with Crippen molar-refractivity contribution < 1.29 is 29.8 Å². The van der Waals surface area contributed by atoms with E-state index in [0.717, 1.165) is 4.90 Å². The summed E-state index contributed by atoms with van der Waals surface area (Å²) in [5.74, 6) is -2.65. The molecule has 1 saturated heterocycles. The third-order valence-electron chi connectivity index (χ3n) is 3.48. The van der Waals surface area contributed by atoms with Crippen LogP contribution in [0, 0.1) is 5.92 Å². The Kier molecular flexibility index (Phi) is 5.90. The van der Waals surface area contributed by atoms with Crippen molar-refractivity contribution >= 4 is 17.8 Å². The molecule has 8 heteroatoms. The van der Waals surface area contributed by atoms with Crippen molar-refractivity contribution in [3.8, 4) is 0 Å². The van der Waals surface area contributed by atoms with E-state index in [1.165, 1.54) is 5.48 Å². The molecule has 0 aliphatic carbocycles. The number of hydrogen-bond acceptors (Lipinski definition) is 5. The predicted octanol–water partition coefficient (Wildman–Crippen LogP) is -0.655. The lowest BCUT2D eigenvalue weighted by atomic mass is 9.96. The van der Waals surface area contributed by atoms with Gasteiger partial charge in [-0.1, -0.05) is 6.92 Å². The first-order valence-electron chi connectivity index (χ1n) is 6.51. The highest BCUT2D eigenvalue weighted by Gasteiger charge is 2.36. The largest absolute Gasteiger partial charge is 0.480 e. The van der Waals surface area contributed by atoms with Gasteiger partial charge in [0, 0.05) is 18.9 Å². The van der Waals surface area contributed by atoms with Gasteiger partial charge in [0.2, 0.25) is 11.8 Å². The average molecular weight is 288 g/mol. The number of aliphatic carboxylic acids is 1. The first-order valence-corrected chi connectivity index (χ1v) is 6.51. The summed E-state index contributed by atoms with van der Waals surface area (Å²) in [6.45, 7) is 1.58. The van der Waals surface area contributed by atoms with E-state index in [2.05, 4.69) is 0 Å². The molecule has 0 aromatic rings. The highest BCUT2D eigenvalue weighted by Crippen LogP contribution is 2.21. The van der Waals surface area contributed by atoms with Crippen LogP contribution < -0.4 is 5.48 Å². The van der Waals surface area contributed by atoms with Gasteiger partial charge in [-0.25, -0.2) is 10.3 Å². The lowest BCUT2D eigenvalue weighted by molar-refractivity contribution is -0.156. The molecular formula is C12H20N2O6. The predicted molar refractivity (Wildman–Crippen MR) is 66.7 cm³/mol. The summed E-state index contributed by atoms with van der Waals surface area (Å²) in [5, 5.41) is 27.1. The quantitative estimate of drug-likeness (QED) is 0.393. The zero-order chi connectivity index (χ0) is 15.3. The van der Waals surface area contributed by atoms with Crippen LogP contribution >= 0.6 is 0 Å². The van der Waals surface area contributed by atoms with Gasteiger partial charge in [0.05, 0.1) is 6.10 Å². The van der Waals surface area contributed by atoms with Gasteiger partial charge in [-0.05, 0) is 19.3 Å². The number of nitrogens with one attached hydrogen (secondary N) is 1. The Hall–Kier alpha value is -1.67. The SMILES string of the molecule is CC(CCC(=O)NO)C(=O)N1CC(O)CCC1C(=O)O. The number of aliphatic hydroxyl groups is 1. The number of carbonyl (C=O) groups is 3. The Morgan fingerprint density at radius 3 is 2.55 bits per heavy atom. The number of likely N-dealkylation sites (tertiary alicyclic amines) is 1. The first-order chi connectivity index (χ1) is 9.36. The molecule has 4 N–H and O–H groups in total. The van der Waals surface area contributed by atoms with Gasteiger partial charge < -0.3 is 15.1 Å². The summed E-state index contributed by atoms with van der Waals surface area (Å²) in [5.41, 5.74) is 1.47. The normalized spacial score (nSPS) is 24.1. The monoisotopic (exact) mass is 288 g/mol. The van der Waals surface area contributed by atoms with Gasteiger partial charge in [0.25, 0.3) is 0 Å². The number of carboxylic acids is 1. The van der Waals surface area contributed by atoms with Crippen molar-refractivity contribution in [1.29, 1.82) is 0 Å². The van der Waals surface area contributed by atoms with Gasteiger partial charge in [-0.15, -0.1) is 0 Å². The van der Waals surface area contributed by atoms with Crippen LogP contribution in [0.15, 0.2) is 0 Å². The molecule has 0 bridgehead atoms. The van der Waals surface area contributed by atoms with Crippen molar-refractivity contribution in [2.75, 3.05) is 6.54 Å². The zero-order valence-electron chi connectivity index (χ0n) is 11.3. The van der Waals surface area contributed by atoms with Crippen molar-refractivity contribution in [3.63, 3.8) is 0 Å². The van der Waals surface area contributed by atoms with E-state index < -0.39 is 35.8 Å². The van der Waals surface area contributed by atoms with Crippen LogP contribution in [0.2, 0.25) is 0 Å². The Balaban J connectivity index is 2.66. The first kappa shape index (κ1) is 16.4. The van der Waals surface area contributed by atoms with Gasteiger partial charge >= 0.3 is 5.97 Å². The summed E-state index contributed by atoms with van der Waals surface area (Å²) >= 11 is 0. The number of hydroxylamine groups is 1. The fourth-order valence-corrected chi connectivity index (χ4v) is 2.26. The number of piperidine rings is 1. The molecule has 20 heavy (non-hydrogen) atoms. The van der Waals surface area contributed by atoms with E-state index in [9.17, 15) is 19.5 Å². The smallest absolute Gasteiger partial charge is 0.326 e. The molecule has 1 rings (SSSR count). The maximum Gasteiger partial charge on any atom is 0.326 e. The van der Waals surface area contributed by atoms with Crippen LogP contribution in [-0.4, -0.2) is 56.8 Å². The number of β-amino-alcohol motifs (C(OH)–C–C–N with tert-alkyl or cyclic N) is 1. The molecule has 1 aliphatic heterocycles. The van der Waals surface area contributed by atoms with E-state index in [0.29, 0.717) is 6.42 Å². The van der Waals surface area contributed by atoms with Gasteiger partial charge in [-0.3, -0.25) is 14.8 Å². The summed E-state index contributed by atoms with van der Waals surface area (Å²) in [6, 6.07) is -0.931. The molecule has 1 heterocycles. The molecule has 1 aliphatic rings. The van der Waals surface area contributed by atoms with Crippen LogP contribution in [0.5, 0.6) is 0 Å². The fourth-order valence-electron chi connectivity index (χ4n) is 2.26. The molecule has 1 fully saturated rings. The molecule has 0 spiro atoms. The highest BCUT2D eigenvalue weighted by atomic mass is 16.5. The third-order valence-corrected chi connectivity index (χ3v) is 3.48. The van der Waals surface area contributed by atoms with Crippen LogP contribution in [0.4, 0.5) is 0 Å². The second kappa shape index (κ2) is 7.20. The van der Waals surface area contributed by atoms with E-state index in [1.54, 1.807) is 6.92 Å². The molecule has 0 saturated carbocycles. The fraction of sp³-hybridized carbons (Fsp3) is 0.750. The number of rotatable bonds is 5. The van der Waals surface area contributed by atoms with Crippen molar-refractivity contribution in [1.82, 2.24) is 10.4 Å². The minimum Gasteiger partial charge on any atom is -0.480 e. The average Bonchev–Trinajstić information content (AvgIpc) is 2.42. The molecule has 0 radical (unpaired) electrons. The summed E-state index contributed by atoms with van der Waals surface area (Å²) in [6.07, 6.45) is 0.0121. The standard InChI is InChI=1S/C12H20N2O6/c1-7(2-5-10(16)13-20)11(17)14-6-8(15)3-4-9(14)12(18)19/h7-9,15,20H,2-6H2,1H3,(H,13,16)(H,18,19). The van der Waals surface area contributed by atoms with Crippen LogP contribution in [0.1, 0.15) is 32.6 Å². The van der Waals surface area contributed by atoms with Gasteiger partial charge in [0.15, 0.2) is 0 Å². The molecule has 0 aromatic carbocycles. The van der Waals surface area contributed by atoms with E-state index in [4.69, 9.17) is 10.3 Å². The zero-order valence-corrected chi connectivity index (χ0v) is 11.3. The van der Waals surface area contributed by atoms with Crippen LogP contribution in [0.25, 0.3) is 0 Å². The minimum atomic E-state index is -1.09. The molecule has 0 aromatic heterocycles. The van der Waals surface area contributed by atoms with E-state index in [1.807, 2.05) is 0 Å². The highest BCUT2D eigenvalue weighted by molar-refractivity contribution is 5.85. The number of hydrogen-bond donors (Lipinski definition) is 4. The molecule has 114 valence electrons. The number of aliphatic hydroxyl groups excluding tert-OH is 1. The third kappa shape index (κ3) is 4.17. The molecule has 8 nitrogen and oxygen atoms in total. The van der Waals surface area contributed by atoms with Crippen LogP contribution in [-0.2, 0) is 14.4 Å². The van der Waals surface area contributed by atoms with Crippen LogP contribution in [0.3, 0.4) is 0 Å². The minimum absolute atomic E-state index is 0.00760. The van der Waals surface area contributed by atoms with Gasteiger partial charge in [-0.2, -0.15) is 0 Å². The van der Waals surface area contributed by atoms with E-state index >= 15 is 0 Å². The number of amides is 2. The number of nitrogens with zero attached hydrogens (tertiary/aromatic N) is 1. The lowest BCUT2D eigenvalue weighted by Gasteiger charge is -2.37. The Morgan fingerprint density at radius 2 is 2.00 bits per heavy atom. The summed E-state index contributed by atoms with van der Waals surface area (Å²) < 4.78 is 0. The molecule has 2 amide bonds. The topological polar surface area (TPSA) is 127 Å². The van der Waals surface area contributed by atoms with Gasteiger partial charge in [0.1, 0.15) is 6.04 Å². The Labute approximate surface area is 116 Å². The Bertz CT molecular complexity index is 386. The Morgan fingerprint density at radius 1 is 1.35 bits per heavy atom. The second-order valence-corrected chi connectivity index (χ2v) is 5.05. The molecule has 3 atom stereocenters. The molecule has 3 unspecified atom stereocenters. The maximum atomic E-state index is 12.2. The summed E-state index contributed by atoms with van der Waals surface area (Å²) in [4.78, 5) is 35.4. The summed E-state index contributed by atoms with van der Waals surface area (Å²) in [7, 11) is 0. The second-order valence-electron chi connectivity index (χ2n) is 5.05. The van der Waals surface area contributed by atoms with E-state index in [-0.39, 0.29) is 25.8 Å².